The van der Waals surface area contributed by atoms with Crippen molar-refractivity contribution in [1.82, 2.24) is 0 Å². The first-order valence-corrected chi connectivity index (χ1v) is 4.81. The third-order valence-corrected chi connectivity index (χ3v) is 3.32. The second-order valence-electron chi connectivity index (χ2n) is 2.23. The number of nitrogen functional groups attached to an aromatic ring is 1. The Morgan fingerprint density at radius 1 is 1.67 bits per heavy atom. The van der Waals surface area contributed by atoms with Gasteiger partial charge < -0.3 is 10.5 Å². The van der Waals surface area contributed by atoms with Gasteiger partial charge in [0, 0.05) is 0 Å². The van der Waals surface area contributed by atoms with Crippen LogP contribution in [0.15, 0.2) is 3.79 Å². The average molecular weight is 250 g/mol. The number of methoxy groups -OCH3 is 1. The van der Waals surface area contributed by atoms with Gasteiger partial charge in [-0.05, 0) is 28.4 Å². The summed E-state index contributed by atoms with van der Waals surface area (Å²) in [5.74, 6) is -0.354. The standard InChI is InChI=1S/C7H8BrNO2S/c1-3-4(7(10)11-2)5(8)12-6(3)9/h9H2,1-2H3. The van der Waals surface area contributed by atoms with Crippen molar-refractivity contribution in [1.29, 1.82) is 0 Å². The SMILES string of the molecule is COC(=O)c1c(Br)sc(N)c1C. The van der Waals surface area contributed by atoms with E-state index in [9.17, 15) is 4.79 Å². The highest BCUT2D eigenvalue weighted by molar-refractivity contribution is 9.11. The van der Waals surface area contributed by atoms with E-state index < -0.39 is 0 Å². The number of hydrogen-bond donors (Lipinski definition) is 1. The Morgan fingerprint density at radius 2 is 2.25 bits per heavy atom. The number of carbonyl (C=O) groups excluding carboxylic acids is 1. The van der Waals surface area contributed by atoms with Gasteiger partial charge in [-0.2, -0.15) is 0 Å². The Morgan fingerprint density at radius 3 is 2.58 bits per heavy atom. The number of nitrogens with two attached hydrogens (primary N) is 1. The van der Waals surface area contributed by atoms with Gasteiger partial charge in [0.2, 0.25) is 0 Å². The molecular weight excluding hydrogens is 242 g/mol. The maximum absolute atomic E-state index is 11.2. The molecule has 0 aliphatic heterocycles. The molecule has 0 aliphatic rings. The van der Waals surface area contributed by atoms with Gasteiger partial charge in [-0.15, -0.1) is 11.3 Å². The second-order valence-corrected chi connectivity index (χ2v) is 4.60. The molecule has 1 aromatic heterocycles. The van der Waals surface area contributed by atoms with Crippen molar-refractivity contribution in [3.8, 4) is 0 Å². The first-order valence-electron chi connectivity index (χ1n) is 3.20. The van der Waals surface area contributed by atoms with E-state index in [1.165, 1.54) is 18.4 Å². The van der Waals surface area contributed by atoms with Crippen molar-refractivity contribution < 1.29 is 9.53 Å². The number of rotatable bonds is 1. The van der Waals surface area contributed by atoms with Crippen LogP contribution >= 0.6 is 27.3 Å². The Labute approximate surface area is 82.6 Å². The molecule has 0 fully saturated rings. The summed E-state index contributed by atoms with van der Waals surface area (Å²) in [5, 5.41) is 0.641. The first-order chi connectivity index (χ1) is 5.57. The van der Waals surface area contributed by atoms with Crippen molar-refractivity contribution in [3.05, 3.63) is 14.9 Å². The molecule has 5 heteroatoms. The maximum atomic E-state index is 11.2. The fraction of sp³-hybridized carbons (Fsp3) is 0.286. The zero-order chi connectivity index (χ0) is 9.30. The van der Waals surface area contributed by atoms with Crippen molar-refractivity contribution >= 4 is 38.2 Å². The molecule has 0 atom stereocenters. The van der Waals surface area contributed by atoms with E-state index in [1.807, 2.05) is 0 Å². The minimum atomic E-state index is -0.354. The number of hydrogen-bond acceptors (Lipinski definition) is 4. The van der Waals surface area contributed by atoms with Gasteiger partial charge in [0.05, 0.1) is 21.5 Å². The summed E-state index contributed by atoms with van der Waals surface area (Å²) in [6, 6.07) is 0. The minimum Gasteiger partial charge on any atom is -0.465 e. The van der Waals surface area contributed by atoms with Crippen molar-refractivity contribution in [2.45, 2.75) is 6.92 Å². The van der Waals surface area contributed by atoms with Crippen LogP contribution in [0.5, 0.6) is 0 Å². The Balaban J connectivity index is 3.22. The number of esters is 1. The quantitative estimate of drug-likeness (QED) is 0.777. The molecule has 2 N–H and O–H groups in total. The van der Waals surface area contributed by atoms with Crippen LogP contribution < -0.4 is 5.73 Å². The number of carbonyl (C=O) groups is 1. The van der Waals surface area contributed by atoms with Crippen LogP contribution in [0.25, 0.3) is 0 Å². The summed E-state index contributed by atoms with van der Waals surface area (Å²) in [6.45, 7) is 1.79. The highest BCUT2D eigenvalue weighted by Crippen LogP contribution is 2.34. The Bertz CT molecular complexity index is 321. The van der Waals surface area contributed by atoms with Crippen LogP contribution in [0.3, 0.4) is 0 Å². The zero-order valence-electron chi connectivity index (χ0n) is 6.68. The third-order valence-electron chi connectivity index (χ3n) is 1.53. The summed E-state index contributed by atoms with van der Waals surface area (Å²) in [4.78, 5) is 11.2. The van der Waals surface area contributed by atoms with Gasteiger partial charge in [0.15, 0.2) is 0 Å². The highest BCUT2D eigenvalue weighted by Gasteiger charge is 2.18. The first kappa shape index (κ1) is 9.54. The molecule has 0 radical (unpaired) electrons. The molecule has 1 rings (SSSR count). The topological polar surface area (TPSA) is 52.3 Å². The zero-order valence-corrected chi connectivity index (χ0v) is 9.08. The summed E-state index contributed by atoms with van der Waals surface area (Å²) >= 11 is 4.58. The van der Waals surface area contributed by atoms with E-state index in [0.717, 1.165) is 9.35 Å². The summed E-state index contributed by atoms with van der Waals surface area (Å²) in [7, 11) is 1.35. The van der Waals surface area contributed by atoms with E-state index >= 15 is 0 Å². The van der Waals surface area contributed by atoms with Crippen LogP contribution in [0.1, 0.15) is 15.9 Å². The van der Waals surface area contributed by atoms with E-state index in [1.54, 1.807) is 6.92 Å². The average Bonchev–Trinajstić information content (AvgIpc) is 2.26. The second kappa shape index (κ2) is 3.45. The molecule has 0 saturated heterocycles. The number of anilines is 1. The van der Waals surface area contributed by atoms with Gasteiger partial charge in [-0.1, -0.05) is 0 Å². The van der Waals surface area contributed by atoms with Crippen molar-refractivity contribution in [2.24, 2.45) is 0 Å². The van der Waals surface area contributed by atoms with E-state index in [-0.39, 0.29) is 5.97 Å². The fourth-order valence-corrected chi connectivity index (χ4v) is 2.60. The van der Waals surface area contributed by atoms with Gasteiger partial charge >= 0.3 is 5.97 Å². The van der Waals surface area contributed by atoms with E-state index in [0.29, 0.717) is 10.6 Å². The van der Waals surface area contributed by atoms with Gasteiger partial charge in [-0.3, -0.25) is 0 Å². The van der Waals surface area contributed by atoms with Crippen LogP contribution in [0.4, 0.5) is 5.00 Å². The molecule has 1 aromatic rings. The van der Waals surface area contributed by atoms with Gasteiger partial charge in [0.1, 0.15) is 0 Å². The van der Waals surface area contributed by atoms with Crippen molar-refractivity contribution in [2.75, 3.05) is 12.8 Å². The summed E-state index contributed by atoms with van der Waals surface area (Å²) in [6.07, 6.45) is 0. The molecule has 0 spiro atoms. The van der Waals surface area contributed by atoms with Gasteiger partial charge in [-0.25, -0.2) is 4.79 Å². The molecule has 0 unspecified atom stereocenters. The predicted octanol–water partition coefficient (Wildman–Crippen LogP) is 2.19. The molecule has 1 heterocycles. The summed E-state index contributed by atoms with van der Waals surface area (Å²) < 4.78 is 5.32. The van der Waals surface area contributed by atoms with E-state index in [2.05, 4.69) is 20.7 Å². The normalized spacial score (nSPS) is 9.92. The lowest BCUT2D eigenvalue weighted by atomic mass is 10.2. The minimum absolute atomic E-state index is 0.354. The number of ether oxygens (including phenoxy) is 1. The molecule has 0 aliphatic carbocycles. The van der Waals surface area contributed by atoms with Crippen LogP contribution in [-0.4, -0.2) is 13.1 Å². The molecule has 3 nitrogen and oxygen atoms in total. The predicted molar refractivity (Wildman–Crippen MR) is 52.5 cm³/mol. The third kappa shape index (κ3) is 1.47. The molecule has 66 valence electrons. The maximum Gasteiger partial charge on any atom is 0.340 e. The van der Waals surface area contributed by atoms with Gasteiger partial charge in [0.25, 0.3) is 0 Å². The molecule has 0 bridgehead atoms. The van der Waals surface area contributed by atoms with E-state index in [4.69, 9.17) is 5.73 Å². The fourth-order valence-electron chi connectivity index (χ4n) is 0.830. The molecular formula is C7H8BrNO2S. The molecule has 0 amide bonds. The summed E-state index contributed by atoms with van der Waals surface area (Å²) in [5.41, 5.74) is 6.92. The smallest absolute Gasteiger partial charge is 0.340 e. The lowest BCUT2D eigenvalue weighted by molar-refractivity contribution is 0.0599. The molecule has 12 heavy (non-hydrogen) atoms. The number of halogens is 1. The molecule has 0 saturated carbocycles. The molecule has 0 aromatic carbocycles. The van der Waals surface area contributed by atoms with Crippen molar-refractivity contribution in [3.63, 3.8) is 0 Å². The largest absolute Gasteiger partial charge is 0.465 e. The lowest BCUT2D eigenvalue weighted by Gasteiger charge is -1.97. The Hall–Kier alpha value is -0.550. The highest BCUT2D eigenvalue weighted by atomic mass is 79.9. The lowest BCUT2D eigenvalue weighted by Crippen LogP contribution is -2.02. The number of thiophene rings is 1. The monoisotopic (exact) mass is 249 g/mol. The van der Waals surface area contributed by atoms with Crippen LogP contribution in [0.2, 0.25) is 0 Å². The van der Waals surface area contributed by atoms with Crippen LogP contribution in [0, 0.1) is 6.92 Å². The van der Waals surface area contributed by atoms with Crippen LogP contribution in [-0.2, 0) is 4.74 Å². The Kier molecular flexibility index (Phi) is 2.74.